The van der Waals surface area contributed by atoms with Crippen molar-refractivity contribution >= 4 is 49.1 Å². The summed E-state index contributed by atoms with van der Waals surface area (Å²) in [6, 6.07) is 17.3. The molecule has 0 spiro atoms. The van der Waals surface area contributed by atoms with Crippen LogP contribution in [0.3, 0.4) is 0 Å². The van der Waals surface area contributed by atoms with E-state index in [1.165, 1.54) is 63.0 Å². The Balaban J connectivity index is 1.74. The average molecular weight is 542 g/mol. The number of fused-ring (bicyclic) bond motifs is 1. The molecule has 10 nitrogen and oxygen atoms in total. The number of amides is 1. The van der Waals surface area contributed by atoms with E-state index in [1.807, 2.05) is 0 Å². The van der Waals surface area contributed by atoms with Crippen molar-refractivity contribution in [3.8, 4) is 11.5 Å². The highest BCUT2D eigenvalue weighted by atomic mass is 32.2. The van der Waals surface area contributed by atoms with Crippen molar-refractivity contribution in [1.29, 1.82) is 0 Å². The van der Waals surface area contributed by atoms with Gasteiger partial charge in [0, 0.05) is 23.4 Å². The Kier molecular flexibility index (Phi) is 7.60. The molecule has 192 valence electrons. The Morgan fingerprint density at radius 2 is 1.65 bits per heavy atom. The molecule has 3 aromatic carbocycles. The van der Waals surface area contributed by atoms with E-state index < -0.39 is 21.9 Å². The number of sulfonamides is 1. The van der Waals surface area contributed by atoms with Gasteiger partial charge in [-0.05, 0) is 30.3 Å². The molecular weight excluding hydrogens is 518 g/mol. The number of carbonyl (C=O) groups excluding carboxylic acids is 2. The maximum Gasteiger partial charge on any atom is 0.325 e. The molecule has 1 heterocycles. The van der Waals surface area contributed by atoms with Gasteiger partial charge in [0.05, 0.1) is 36.4 Å². The maximum absolute atomic E-state index is 13.1. The molecule has 1 N–H and O–H groups in total. The molecule has 12 heteroatoms. The third kappa shape index (κ3) is 5.65. The molecule has 0 saturated heterocycles. The van der Waals surface area contributed by atoms with Crippen LogP contribution in [0.2, 0.25) is 0 Å². The number of esters is 1. The van der Waals surface area contributed by atoms with Gasteiger partial charge in [0.1, 0.15) is 6.54 Å². The van der Waals surface area contributed by atoms with Gasteiger partial charge >= 0.3 is 5.97 Å². The number of ether oxygens (including phenoxy) is 3. The number of hydrogen-bond acceptors (Lipinski definition) is 8. The normalized spacial score (nSPS) is 11.8. The molecule has 0 saturated carbocycles. The van der Waals surface area contributed by atoms with Crippen LogP contribution in [0.4, 0.5) is 5.69 Å². The summed E-state index contributed by atoms with van der Waals surface area (Å²) in [5, 5.41) is 0. The molecule has 1 amide bonds. The molecule has 0 aliphatic rings. The van der Waals surface area contributed by atoms with E-state index in [-0.39, 0.29) is 27.5 Å². The number of carbonyl (C=O) groups is 2. The Hall–Kier alpha value is -4.16. The summed E-state index contributed by atoms with van der Waals surface area (Å²) in [6.07, 6.45) is 0. The predicted molar refractivity (Wildman–Crippen MR) is 139 cm³/mol. The fraction of sp³-hybridized carbons (Fsp3) is 0.160. The number of nitrogens with one attached hydrogen (secondary N) is 1. The first-order chi connectivity index (χ1) is 17.7. The molecule has 0 radical (unpaired) electrons. The minimum absolute atomic E-state index is 0.0939. The van der Waals surface area contributed by atoms with Crippen LogP contribution in [0.5, 0.6) is 11.5 Å². The lowest BCUT2D eigenvalue weighted by Gasteiger charge is -2.09. The van der Waals surface area contributed by atoms with Gasteiger partial charge in [0.2, 0.25) is 0 Å². The van der Waals surface area contributed by atoms with E-state index in [0.29, 0.717) is 21.7 Å². The van der Waals surface area contributed by atoms with Gasteiger partial charge in [-0.3, -0.25) is 14.3 Å². The molecule has 0 aliphatic carbocycles. The molecule has 1 aromatic heterocycles. The van der Waals surface area contributed by atoms with Gasteiger partial charge in [-0.2, -0.15) is 4.99 Å². The zero-order valence-electron chi connectivity index (χ0n) is 20.1. The topological polar surface area (TPSA) is 125 Å². The highest BCUT2D eigenvalue weighted by Crippen LogP contribution is 2.33. The maximum atomic E-state index is 13.1. The summed E-state index contributed by atoms with van der Waals surface area (Å²) in [4.78, 5) is 29.8. The minimum atomic E-state index is -3.84. The smallest absolute Gasteiger partial charge is 0.325 e. The second-order valence-corrected chi connectivity index (χ2v) is 10.3. The van der Waals surface area contributed by atoms with Crippen molar-refractivity contribution in [2.75, 3.05) is 26.1 Å². The molecule has 0 atom stereocenters. The molecule has 37 heavy (non-hydrogen) atoms. The first-order valence-electron chi connectivity index (χ1n) is 10.8. The Labute approximate surface area is 216 Å². The molecule has 0 aliphatic heterocycles. The van der Waals surface area contributed by atoms with E-state index in [1.54, 1.807) is 41.0 Å². The summed E-state index contributed by atoms with van der Waals surface area (Å²) in [5.41, 5.74) is 0.965. The van der Waals surface area contributed by atoms with Crippen molar-refractivity contribution in [1.82, 2.24) is 4.57 Å². The number of nitrogens with zero attached hydrogens (tertiary/aromatic N) is 2. The second kappa shape index (κ2) is 10.8. The number of hydrogen-bond donors (Lipinski definition) is 1. The van der Waals surface area contributed by atoms with Gasteiger partial charge in [-0.1, -0.05) is 35.6 Å². The zero-order valence-corrected chi connectivity index (χ0v) is 21.8. The van der Waals surface area contributed by atoms with Crippen LogP contribution >= 0.6 is 11.3 Å². The van der Waals surface area contributed by atoms with Crippen LogP contribution in [0.1, 0.15) is 10.4 Å². The summed E-state index contributed by atoms with van der Waals surface area (Å²) in [6.45, 7) is -0.186. The highest BCUT2D eigenvalue weighted by Gasteiger charge is 2.17. The van der Waals surface area contributed by atoms with Gasteiger partial charge in [-0.15, -0.1) is 0 Å². The van der Waals surface area contributed by atoms with Gasteiger partial charge in [-0.25, -0.2) is 8.42 Å². The monoisotopic (exact) mass is 541 g/mol. The van der Waals surface area contributed by atoms with Crippen LogP contribution in [0.15, 0.2) is 76.6 Å². The summed E-state index contributed by atoms with van der Waals surface area (Å²) in [7, 11) is 0.434. The fourth-order valence-corrected chi connectivity index (χ4v) is 5.62. The Bertz CT molecular complexity index is 1640. The van der Waals surface area contributed by atoms with Crippen molar-refractivity contribution < 1.29 is 32.2 Å². The van der Waals surface area contributed by atoms with Crippen LogP contribution < -0.4 is 19.0 Å². The van der Waals surface area contributed by atoms with Crippen LogP contribution in [0.25, 0.3) is 10.2 Å². The minimum Gasteiger partial charge on any atom is -0.493 e. The summed E-state index contributed by atoms with van der Waals surface area (Å²) >= 11 is 1.18. The Morgan fingerprint density at radius 1 is 0.946 bits per heavy atom. The third-order valence-electron chi connectivity index (χ3n) is 5.32. The fourth-order valence-electron chi connectivity index (χ4n) is 3.51. The van der Waals surface area contributed by atoms with Gasteiger partial charge in [0.25, 0.3) is 15.9 Å². The van der Waals surface area contributed by atoms with Crippen molar-refractivity contribution in [3.63, 3.8) is 0 Å². The van der Waals surface area contributed by atoms with Crippen LogP contribution in [-0.2, 0) is 26.1 Å². The van der Waals surface area contributed by atoms with Crippen LogP contribution in [0, 0.1) is 0 Å². The lowest BCUT2D eigenvalue weighted by atomic mass is 10.2. The zero-order chi connectivity index (χ0) is 26.6. The third-order valence-corrected chi connectivity index (χ3v) is 7.75. The van der Waals surface area contributed by atoms with Crippen molar-refractivity contribution in [2.45, 2.75) is 11.4 Å². The molecule has 0 fully saturated rings. The average Bonchev–Trinajstić information content (AvgIpc) is 3.23. The Morgan fingerprint density at radius 3 is 2.32 bits per heavy atom. The van der Waals surface area contributed by atoms with E-state index >= 15 is 0 Å². The number of aromatic nitrogens is 1. The summed E-state index contributed by atoms with van der Waals surface area (Å²) < 4.78 is 45.6. The van der Waals surface area contributed by atoms with Crippen LogP contribution in [-0.4, -0.2) is 46.2 Å². The standard InChI is InChI=1S/C25H23N3O7S2/c1-33-20-13-19-22(14-21(20)34-2)36-25(28(19)15-23(29)35-3)26-24(30)16-8-7-9-17(12-16)27-37(31,32)18-10-5-4-6-11-18/h4-14,27H,15H2,1-3H3. The van der Waals surface area contributed by atoms with E-state index in [2.05, 4.69) is 9.71 Å². The van der Waals surface area contributed by atoms with Gasteiger partial charge < -0.3 is 18.8 Å². The number of anilines is 1. The second-order valence-electron chi connectivity index (χ2n) is 7.64. The number of methoxy groups -OCH3 is 3. The van der Waals surface area contributed by atoms with E-state index in [4.69, 9.17) is 14.2 Å². The SMILES string of the molecule is COC(=O)Cn1c(=NC(=O)c2cccc(NS(=O)(=O)c3ccccc3)c2)sc2cc(OC)c(OC)cc21. The first-order valence-corrected chi connectivity index (χ1v) is 13.1. The number of benzene rings is 3. The highest BCUT2D eigenvalue weighted by molar-refractivity contribution is 7.92. The van der Waals surface area contributed by atoms with Crippen molar-refractivity contribution in [3.05, 3.63) is 77.1 Å². The van der Waals surface area contributed by atoms with E-state index in [9.17, 15) is 18.0 Å². The molecular formula is C25H23N3O7S2. The van der Waals surface area contributed by atoms with E-state index in [0.717, 1.165) is 0 Å². The van der Waals surface area contributed by atoms with Crippen molar-refractivity contribution in [2.24, 2.45) is 4.99 Å². The molecule has 0 bridgehead atoms. The number of thiazole rings is 1. The van der Waals surface area contributed by atoms with Gasteiger partial charge in [0.15, 0.2) is 16.3 Å². The molecule has 4 rings (SSSR count). The lowest BCUT2D eigenvalue weighted by molar-refractivity contribution is -0.141. The molecule has 4 aromatic rings. The summed E-state index contributed by atoms with van der Waals surface area (Å²) in [5.74, 6) is -0.217. The largest absolute Gasteiger partial charge is 0.493 e. The lowest BCUT2D eigenvalue weighted by Crippen LogP contribution is -2.22. The quantitative estimate of drug-likeness (QED) is 0.339. The first kappa shape index (κ1) is 25.9. The number of rotatable bonds is 8. The molecule has 0 unspecified atom stereocenters. The predicted octanol–water partition coefficient (Wildman–Crippen LogP) is 3.43.